The first-order valence-electron chi connectivity index (χ1n) is 10.1. The number of carbonyl (C=O) groups is 2. The van der Waals surface area contributed by atoms with Gasteiger partial charge in [-0.25, -0.2) is 4.79 Å². The van der Waals surface area contributed by atoms with Crippen molar-refractivity contribution in [1.29, 1.82) is 0 Å². The van der Waals surface area contributed by atoms with Gasteiger partial charge < -0.3 is 15.2 Å². The smallest absolute Gasteiger partial charge is 0.333 e. The van der Waals surface area contributed by atoms with Gasteiger partial charge >= 0.3 is 5.97 Å². The van der Waals surface area contributed by atoms with Crippen LogP contribution in [0.4, 0.5) is 0 Å². The predicted molar refractivity (Wildman–Crippen MR) is 131 cm³/mol. The molecule has 0 aromatic heterocycles. The van der Waals surface area contributed by atoms with Crippen LogP contribution in [0.3, 0.4) is 0 Å². The zero-order valence-corrected chi connectivity index (χ0v) is 22.2. The second kappa shape index (κ2) is 16.6. The number of rotatable bonds is 17. The molecule has 17 heteroatoms. The fraction of sp³-hybridized carbons (Fsp3) is 0.579. The van der Waals surface area contributed by atoms with Crippen LogP contribution in [0.15, 0.2) is 37.0 Å². The molecule has 0 bridgehead atoms. The second-order valence-corrected chi connectivity index (χ2v) is 12.2. The second-order valence-electron chi connectivity index (χ2n) is 7.62. The zero-order valence-electron chi connectivity index (χ0n) is 19.7. The van der Waals surface area contributed by atoms with Crippen molar-refractivity contribution in [1.82, 2.24) is 0 Å². The number of carbonyl (C=O) groups excluding carboxylic acids is 2. The van der Waals surface area contributed by atoms with E-state index in [0.29, 0.717) is 0 Å². The van der Waals surface area contributed by atoms with Crippen molar-refractivity contribution >= 4 is 42.2 Å². The molecule has 2 unspecified atom stereocenters. The third kappa shape index (κ3) is 23.6. The van der Waals surface area contributed by atoms with Crippen LogP contribution < -0.4 is 5.73 Å². The van der Waals surface area contributed by atoms with Gasteiger partial charge in [0.25, 0.3) is 30.4 Å². The Kier molecular flexibility index (Phi) is 16.6. The van der Waals surface area contributed by atoms with E-state index in [-0.39, 0.29) is 55.3 Å². The lowest BCUT2D eigenvalue weighted by Gasteiger charge is -2.17. The van der Waals surface area contributed by atoms with Crippen LogP contribution in [0, 0.1) is 5.92 Å². The molecule has 0 aromatic rings. The molecule has 0 saturated carbocycles. The molecule has 0 aliphatic rings. The van der Waals surface area contributed by atoms with E-state index in [9.17, 15) is 34.8 Å². The monoisotopic (exact) mass is 579 g/mol. The maximum absolute atomic E-state index is 11.7. The minimum absolute atomic E-state index is 0.0529. The molecule has 5 N–H and O–H groups in total. The largest absolute Gasteiger partial charge is 0.455 e. The number of esters is 1. The van der Waals surface area contributed by atoms with Crippen molar-refractivity contribution in [2.24, 2.45) is 11.7 Å². The van der Waals surface area contributed by atoms with E-state index >= 15 is 0 Å². The number of primary amides is 1. The highest BCUT2D eigenvalue weighted by Gasteiger charge is 2.23. The topological polar surface area (TPSA) is 242 Å². The average Bonchev–Trinajstić information content (AvgIpc) is 2.64. The Morgan fingerprint density at radius 1 is 0.944 bits per heavy atom. The molecule has 0 aliphatic carbocycles. The molecule has 0 heterocycles. The summed E-state index contributed by atoms with van der Waals surface area (Å²) in [4.78, 5) is 22.3. The van der Waals surface area contributed by atoms with Gasteiger partial charge in [-0.05, 0) is 25.2 Å². The molecule has 36 heavy (non-hydrogen) atoms. The summed E-state index contributed by atoms with van der Waals surface area (Å²) in [6.07, 6.45) is 0.208. The van der Waals surface area contributed by atoms with Gasteiger partial charge in [-0.3, -0.25) is 18.5 Å². The number of nitrogens with two attached hydrogens (primary N) is 1. The Hall–Kier alpha value is -2.15. The number of hydrogen-bond acceptors (Lipinski definition) is 10. The fourth-order valence-electron chi connectivity index (χ4n) is 2.38. The molecular weight excluding hydrogens is 546 g/mol. The van der Waals surface area contributed by atoms with Crippen molar-refractivity contribution in [3.8, 4) is 0 Å². The van der Waals surface area contributed by atoms with Gasteiger partial charge in [-0.1, -0.05) is 26.2 Å². The van der Waals surface area contributed by atoms with Crippen LogP contribution in [0.2, 0.25) is 0 Å². The van der Waals surface area contributed by atoms with E-state index in [4.69, 9.17) is 28.9 Å². The maximum atomic E-state index is 11.7. The van der Waals surface area contributed by atoms with Crippen LogP contribution in [-0.4, -0.2) is 87.4 Å². The van der Waals surface area contributed by atoms with Crippen LogP contribution in [0.25, 0.3) is 0 Å². The molecule has 0 aromatic carbocycles. The minimum Gasteiger partial charge on any atom is -0.455 e. The molecule has 0 spiro atoms. The minimum atomic E-state index is -4.39. The highest BCUT2D eigenvalue weighted by molar-refractivity contribution is 7.86. The molecule has 0 aliphatic heterocycles. The lowest BCUT2D eigenvalue weighted by Crippen LogP contribution is -2.31. The van der Waals surface area contributed by atoms with Crippen LogP contribution in [-0.2, 0) is 49.4 Å². The number of amides is 1. The van der Waals surface area contributed by atoms with Crippen LogP contribution in [0.5, 0.6) is 0 Å². The van der Waals surface area contributed by atoms with Crippen LogP contribution in [0.1, 0.15) is 26.2 Å². The van der Waals surface area contributed by atoms with E-state index < -0.39 is 59.8 Å². The highest BCUT2D eigenvalue weighted by Crippen LogP contribution is 2.11. The van der Waals surface area contributed by atoms with Crippen molar-refractivity contribution in [3.05, 3.63) is 37.0 Å². The third-order valence-corrected chi connectivity index (χ3v) is 6.41. The van der Waals surface area contributed by atoms with E-state index in [2.05, 4.69) is 19.7 Å². The summed E-state index contributed by atoms with van der Waals surface area (Å²) >= 11 is 0. The van der Waals surface area contributed by atoms with E-state index in [0.717, 1.165) is 0 Å². The van der Waals surface area contributed by atoms with Gasteiger partial charge in [0.1, 0.15) is 11.9 Å². The summed E-state index contributed by atoms with van der Waals surface area (Å²) in [7, 11) is -12.5. The average molecular weight is 580 g/mol. The quantitative estimate of drug-likeness (QED) is 0.0590. The van der Waals surface area contributed by atoms with Gasteiger partial charge in [-0.2, -0.15) is 25.3 Å². The molecule has 210 valence electrons. The van der Waals surface area contributed by atoms with Gasteiger partial charge in [0.05, 0.1) is 24.7 Å². The van der Waals surface area contributed by atoms with Gasteiger partial charge in [0.2, 0.25) is 5.91 Å². The maximum Gasteiger partial charge on any atom is 0.333 e. The molecule has 0 radical (unpaired) electrons. The summed E-state index contributed by atoms with van der Waals surface area (Å²) < 4.78 is 99.4. The van der Waals surface area contributed by atoms with E-state index in [1.807, 2.05) is 0 Å². The number of ether oxygens (including phenoxy) is 2. The molecule has 2 atom stereocenters. The van der Waals surface area contributed by atoms with Gasteiger partial charge in [0.15, 0.2) is 0 Å². The van der Waals surface area contributed by atoms with Crippen molar-refractivity contribution in [2.45, 2.75) is 32.3 Å². The van der Waals surface area contributed by atoms with Gasteiger partial charge in [-0.15, -0.1) is 6.58 Å². The van der Waals surface area contributed by atoms with Crippen molar-refractivity contribution in [2.75, 3.05) is 30.5 Å². The Labute approximate surface area is 211 Å². The molecule has 0 rings (SSSR count). The molecule has 0 fully saturated rings. The zero-order chi connectivity index (χ0) is 28.7. The summed E-state index contributed by atoms with van der Waals surface area (Å²) in [5.41, 5.74) is 4.96. The van der Waals surface area contributed by atoms with E-state index in [1.54, 1.807) is 6.92 Å². The lowest BCUT2D eigenvalue weighted by atomic mass is 10.0. The Morgan fingerprint density at radius 2 is 1.47 bits per heavy atom. The van der Waals surface area contributed by atoms with Crippen molar-refractivity contribution < 1.29 is 58.0 Å². The standard InChI is InChI=1S/C12H20O9S2.C7H13NO4S/c1-3-6-20-8-11(9-23(17,18)19)21-12(13)10(2)5-4-7-22(14,15)16;1-5(4-13(10,11)12)3-6(2)7(8)9/h3,11H,1-2,4-9H2,(H,14,15,16)(H,17,18,19);5H,2-4H2,1H3,(H2,8,9)(H,10,11,12). The first-order chi connectivity index (χ1) is 16.2. The lowest BCUT2D eigenvalue weighted by molar-refractivity contribution is -0.146. The Bertz CT molecular complexity index is 1090. The first-order valence-corrected chi connectivity index (χ1v) is 14.9. The molecule has 1 amide bonds. The molecule has 14 nitrogen and oxygen atoms in total. The first kappa shape index (κ1) is 36.0. The summed E-state index contributed by atoms with van der Waals surface area (Å²) in [5.74, 6) is -3.75. The highest BCUT2D eigenvalue weighted by atomic mass is 32.2. The predicted octanol–water partition coefficient (Wildman–Crippen LogP) is 0.155. The Balaban J connectivity index is 0. The van der Waals surface area contributed by atoms with Crippen LogP contribution >= 0.6 is 0 Å². The Morgan fingerprint density at radius 3 is 1.89 bits per heavy atom. The molecular formula is C19H33NO13S3. The normalized spacial score (nSPS) is 13.4. The summed E-state index contributed by atoms with van der Waals surface area (Å²) in [6.45, 7) is 11.6. The summed E-state index contributed by atoms with van der Waals surface area (Å²) in [6, 6.07) is 0. The number of hydrogen-bond donors (Lipinski definition) is 4. The van der Waals surface area contributed by atoms with E-state index in [1.165, 1.54) is 6.08 Å². The van der Waals surface area contributed by atoms with Crippen molar-refractivity contribution in [3.63, 3.8) is 0 Å². The molecule has 0 saturated heterocycles. The fourth-order valence-corrected chi connectivity index (χ4v) is 4.36. The van der Waals surface area contributed by atoms with Gasteiger partial charge in [0, 0.05) is 11.1 Å². The SMILES string of the molecule is C=C(CC(C)CS(=O)(=O)O)C(N)=O.C=CCOCC(CS(=O)(=O)O)OC(=O)C(=C)CCCS(=O)(=O)O. The summed E-state index contributed by atoms with van der Waals surface area (Å²) in [5, 5.41) is 0. The third-order valence-electron chi connectivity index (χ3n) is 3.82.